The lowest BCUT2D eigenvalue weighted by molar-refractivity contribution is 0.449. The third-order valence-electron chi connectivity index (χ3n) is 3.43. The number of aromatic nitrogens is 2. The Labute approximate surface area is 148 Å². The lowest BCUT2D eigenvalue weighted by Crippen LogP contribution is -2.06. The molecule has 0 bridgehead atoms. The Kier molecular flexibility index (Phi) is 4.89. The van der Waals surface area contributed by atoms with Crippen LogP contribution >= 0.6 is 0 Å². The van der Waals surface area contributed by atoms with E-state index in [4.69, 9.17) is 0 Å². The number of hydrogen-bond donors (Lipinski definition) is 2. The minimum absolute atomic E-state index is 0.0297. The Hall–Kier alpha value is -3.30. The van der Waals surface area contributed by atoms with E-state index >= 15 is 0 Å². The zero-order valence-electron chi connectivity index (χ0n) is 13.5. The van der Waals surface area contributed by atoms with Gasteiger partial charge in [-0.3, -0.25) is 0 Å². The van der Waals surface area contributed by atoms with Gasteiger partial charge in [-0.1, -0.05) is 0 Å². The van der Waals surface area contributed by atoms with Crippen LogP contribution in [0.15, 0.2) is 30.3 Å². The van der Waals surface area contributed by atoms with Gasteiger partial charge in [0.25, 0.3) is 0 Å². The molecule has 10 heteroatoms. The van der Waals surface area contributed by atoms with E-state index in [1.807, 2.05) is 0 Å². The van der Waals surface area contributed by atoms with Gasteiger partial charge in [0, 0.05) is 11.8 Å². The van der Waals surface area contributed by atoms with Crippen molar-refractivity contribution in [2.75, 3.05) is 10.6 Å². The number of hydrogen-bond acceptors (Lipinski definition) is 4. The second-order valence-corrected chi connectivity index (χ2v) is 5.41. The monoisotopic (exact) mass is 384 g/mol. The van der Waals surface area contributed by atoms with Crippen molar-refractivity contribution in [2.24, 2.45) is 0 Å². The van der Waals surface area contributed by atoms with E-state index in [-0.39, 0.29) is 11.8 Å². The molecule has 0 amide bonds. The Morgan fingerprint density at radius 3 is 1.74 bits per heavy atom. The van der Waals surface area contributed by atoms with Crippen LogP contribution in [0.2, 0.25) is 0 Å². The van der Waals surface area contributed by atoms with Crippen LogP contribution in [-0.4, -0.2) is 9.97 Å². The van der Waals surface area contributed by atoms with Gasteiger partial charge >= 0.3 is 0 Å². The lowest BCUT2D eigenvalue weighted by atomic mass is 10.2. The normalized spacial score (nSPS) is 10.8. The molecule has 4 nitrogen and oxygen atoms in total. The summed E-state index contributed by atoms with van der Waals surface area (Å²) in [5, 5.41) is 4.81. The topological polar surface area (TPSA) is 49.8 Å². The largest absolute Gasteiger partial charge is 0.338 e. The molecule has 0 atom stereocenters. The minimum Gasteiger partial charge on any atom is -0.338 e. The summed E-state index contributed by atoms with van der Waals surface area (Å²) >= 11 is 0. The number of nitrogens with zero attached hydrogens (tertiary/aromatic N) is 2. The molecule has 0 saturated carbocycles. The highest BCUT2D eigenvalue weighted by molar-refractivity contribution is 5.61. The second-order valence-electron chi connectivity index (χ2n) is 5.41. The molecule has 0 aliphatic rings. The Bertz CT molecular complexity index is 947. The molecule has 0 unspecified atom stereocenters. The summed E-state index contributed by atoms with van der Waals surface area (Å²) in [4.78, 5) is 7.86. The van der Waals surface area contributed by atoms with Crippen molar-refractivity contribution >= 4 is 23.1 Å². The molecule has 0 radical (unpaired) electrons. The molecule has 0 aliphatic carbocycles. The van der Waals surface area contributed by atoms with Gasteiger partial charge in [0.1, 0.15) is 5.82 Å². The standard InChI is InChI=1S/C17H10F6N4/c1-7-6-12(25-10-4-2-8(18)13(20)15(10)22)27-17(24-7)26-11-5-3-9(19)14(21)16(11)23/h2-6H,1H3,(H2,24,25,26,27). The van der Waals surface area contributed by atoms with Crippen LogP contribution in [0, 0.1) is 41.8 Å². The maximum absolute atomic E-state index is 13.8. The van der Waals surface area contributed by atoms with Crippen LogP contribution < -0.4 is 10.6 Å². The maximum Gasteiger partial charge on any atom is 0.229 e. The first-order chi connectivity index (χ1) is 12.8. The summed E-state index contributed by atoms with van der Waals surface area (Å²) in [7, 11) is 0. The van der Waals surface area contributed by atoms with E-state index in [0.717, 1.165) is 18.2 Å². The molecular weight excluding hydrogens is 374 g/mol. The molecule has 0 aliphatic heterocycles. The number of benzene rings is 2. The van der Waals surface area contributed by atoms with E-state index in [0.29, 0.717) is 11.8 Å². The van der Waals surface area contributed by atoms with Crippen molar-refractivity contribution in [1.29, 1.82) is 0 Å². The van der Waals surface area contributed by atoms with Gasteiger partial charge in [-0.2, -0.15) is 4.98 Å². The van der Waals surface area contributed by atoms with E-state index < -0.39 is 46.3 Å². The average Bonchev–Trinajstić information content (AvgIpc) is 2.62. The molecule has 0 fully saturated rings. The van der Waals surface area contributed by atoms with Gasteiger partial charge in [-0.05, 0) is 31.2 Å². The summed E-state index contributed by atoms with van der Waals surface area (Å²) in [6.45, 7) is 1.53. The van der Waals surface area contributed by atoms with E-state index in [1.54, 1.807) is 0 Å². The van der Waals surface area contributed by atoms with E-state index in [1.165, 1.54) is 13.0 Å². The van der Waals surface area contributed by atoms with Crippen molar-refractivity contribution < 1.29 is 26.3 Å². The number of halogens is 6. The molecule has 1 heterocycles. The molecular formula is C17H10F6N4. The second kappa shape index (κ2) is 7.14. The fourth-order valence-electron chi connectivity index (χ4n) is 2.19. The van der Waals surface area contributed by atoms with Gasteiger partial charge in [0.05, 0.1) is 11.4 Å². The zero-order valence-corrected chi connectivity index (χ0v) is 13.5. The molecule has 2 aromatic carbocycles. The van der Waals surface area contributed by atoms with Crippen LogP contribution in [0.3, 0.4) is 0 Å². The molecule has 2 N–H and O–H groups in total. The summed E-state index contributed by atoms with van der Waals surface area (Å²) in [5.74, 6) is -9.22. The van der Waals surface area contributed by atoms with Crippen molar-refractivity contribution in [3.63, 3.8) is 0 Å². The van der Waals surface area contributed by atoms with Crippen LogP contribution in [0.1, 0.15) is 5.69 Å². The van der Waals surface area contributed by atoms with Crippen molar-refractivity contribution in [2.45, 2.75) is 6.92 Å². The van der Waals surface area contributed by atoms with Gasteiger partial charge in [0.15, 0.2) is 34.9 Å². The fraction of sp³-hybridized carbons (Fsp3) is 0.0588. The number of aryl methyl sites for hydroxylation is 1. The van der Waals surface area contributed by atoms with Gasteiger partial charge in [-0.25, -0.2) is 31.3 Å². The highest BCUT2D eigenvalue weighted by Crippen LogP contribution is 2.25. The van der Waals surface area contributed by atoms with Crippen molar-refractivity contribution in [1.82, 2.24) is 9.97 Å². The maximum atomic E-state index is 13.8. The molecule has 3 rings (SSSR count). The predicted molar refractivity (Wildman–Crippen MR) is 86.0 cm³/mol. The fourth-order valence-corrected chi connectivity index (χ4v) is 2.19. The van der Waals surface area contributed by atoms with Gasteiger partial charge in [0.2, 0.25) is 5.95 Å². The number of anilines is 4. The molecule has 27 heavy (non-hydrogen) atoms. The van der Waals surface area contributed by atoms with Crippen LogP contribution in [0.5, 0.6) is 0 Å². The third-order valence-corrected chi connectivity index (χ3v) is 3.43. The highest BCUT2D eigenvalue weighted by Gasteiger charge is 2.16. The summed E-state index contributed by atoms with van der Waals surface area (Å²) in [5.41, 5.74) is -0.484. The first-order valence-corrected chi connectivity index (χ1v) is 7.43. The third kappa shape index (κ3) is 3.78. The van der Waals surface area contributed by atoms with Gasteiger partial charge < -0.3 is 10.6 Å². The molecule has 0 spiro atoms. The molecule has 140 valence electrons. The number of nitrogens with one attached hydrogen (secondary N) is 2. The summed E-state index contributed by atoms with van der Waals surface area (Å²) in [6, 6.07) is 4.71. The highest BCUT2D eigenvalue weighted by atomic mass is 19.2. The zero-order chi connectivity index (χ0) is 19.7. The first-order valence-electron chi connectivity index (χ1n) is 7.43. The summed E-state index contributed by atoms with van der Waals surface area (Å²) < 4.78 is 80.1. The van der Waals surface area contributed by atoms with Crippen LogP contribution in [-0.2, 0) is 0 Å². The number of rotatable bonds is 4. The predicted octanol–water partition coefficient (Wildman–Crippen LogP) is 5.11. The quantitative estimate of drug-likeness (QED) is 0.485. The minimum atomic E-state index is -1.67. The Morgan fingerprint density at radius 1 is 0.667 bits per heavy atom. The molecule has 0 saturated heterocycles. The van der Waals surface area contributed by atoms with E-state index in [2.05, 4.69) is 20.6 Å². The molecule has 3 aromatic rings. The lowest BCUT2D eigenvalue weighted by Gasteiger charge is -2.11. The van der Waals surface area contributed by atoms with Crippen molar-refractivity contribution in [3.8, 4) is 0 Å². The Balaban J connectivity index is 1.91. The SMILES string of the molecule is Cc1cc(Nc2ccc(F)c(F)c2F)nc(Nc2ccc(F)c(F)c2F)n1. The van der Waals surface area contributed by atoms with Gasteiger partial charge in [-0.15, -0.1) is 0 Å². The smallest absolute Gasteiger partial charge is 0.229 e. The first kappa shape index (κ1) is 18.5. The summed E-state index contributed by atoms with van der Waals surface area (Å²) in [6.07, 6.45) is 0. The Morgan fingerprint density at radius 2 is 1.19 bits per heavy atom. The van der Waals surface area contributed by atoms with E-state index in [9.17, 15) is 26.3 Å². The van der Waals surface area contributed by atoms with Crippen LogP contribution in [0.25, 0.3) is 0 Å². The van der Waals surface area contributed by atoms with Crippen molar-refractivity contribution in [3.05, 3.63) is 70.9 Å². The van der Waals surface area contributed by atoms with Crippen LogP contribution in [0.4, 0.5) is 49.5 Å². The molecule has 1 aromatic heterocycles. The average molecular weight is 384 g/mol.